The summed E-state index contributed by atoms with van der Waals surface area (Å²) in [4.78, 5) is 31.9. The van der Waals surface area contributed by atoms with Crippen LogP contribution in [0.1, 0.15) is 12.8 Å². The number of anilines is 1. The number of nitrogens with zero attached hydrogens (tertiary/aromatic N) is 5. The van der Waals surface area contributed by atoms with Crippen molar-refractivity contribution >= 4 is 22.9 Å². The number of aromatic amines is 1. The molecule has 0 saturated carbocycles. The van der Waals surface area contributed by atoms with E-state index in [9.17, 15) is 4.79 Å². The van der Waals surface area contributed by atoms with Crippen molar-refractivity contribution in [1.82, 2.24) is 30.2 Å². The molecule has 2 aromatic heterocycles. The molecule has 0 unspecified atom stereocenters. The van der Waals surface area contributed by atoms with Crippen LogP contribution in [0, 0.1) is 5.92 Å². The normalized spacial score (nSPS) is 16.0. The summed E-state index contributed by atoms with van der Waals surface area (Å²) in [6.07, 6.45) is 5.19. The van der Waals surface area contributed by atoms with Crippen LogP contribution < -0.4 is 10.2 Å². The third kappa shape index (κ3) is 3.42. The number of amides is 1. The second-order valence-electron chi connectivity index (χ2n) is 6.04. The van der Waals surface area contributed by atoms with E-state index < -0.39 is 0 Å². The number of carbonyl (C=O) groups excluding carboxylic acids is 1. The van der Waals surface area contributed by atoms with Crippen LogP contribution in [0.2, 0.25) is 0 Å². The fourth-order valence-electron chi connectivity index (χ4n) is 3.09. The Morgan fingerprint density at radius 3 is 2.91 bits per heavy atom. The van der Waals surface area contributed by atoms with Gasteiger partial charge in [-0.1, -0.05) is 0 Å². The summed E-state index contributed by atoms with van der Waals surface area (Å²) in [5.74, 6) is 1.51. The van der Waals surface area contributed by atoms with Gasteiger partial charge in [-0.15, -0.1) is 0 Å². The maximum Gasteiger partial charge on any atom is 0.242 e. The minimum Gasteiger partial charge on any atom is -0.348 e. The number of likely N-dealkylation sites (N-methyl/N-ethyl adjacent to an activating group) is 1. The van der Waals surface area contributed by atoms with E-state index in [2.05, 4.69) is 25.3 Å². The van der Waals surface area contributed by atoms with Gasteiger partial charge in [0.05, 0.1) is 12.9 Å². The molecule has 23 heavy (non-hydrogen) atoms. The van der Waals surface area contributed by atoms with Crippen LogP contribution in [0.25, 0.3) is 11.2 Å². The van der Waals surface area contributed by atoms with Crippen LogP contribution in [0.5, 0.6) is 0 Å². The Bertz CT molecular complexity index is 663. The number of imidazole rings is 1. The molecule has 1 amide bonds. The highest BCUT2D eigenvalue weighted by atomic mass is 16.2. The average molecular weight is 317 g/mol. The van der Waals surface area contributed by atoms with Gasteiger partial charge in [-0.25, -0.2) is 15.0 Å². The van der Waals surface area contributed by atoms with Crippen LogP contribution in [-0.4, -0.2) is 71.0 Å². The number of rotatable bonds is 5. The molecule has 1 aliphatic heterocycles. The van der Waals surface area contributed by atoms with Gasteiger partial charge >= 0.3 is 0 Å². The summed E-state index contributed by atoms with van der Waals surface area (Å²) < 4.78 is 0. The summed E-state index contributed by atoms with van der Waals surface area (Å²) in [6.45, 7) is 3.01. The molecule has 0 atom stereocenters. The maximum atomic E-state index is 12.5. The number of aromatic nitrogens is 4. The van der Waals surface area contributed by atoms with E-state index in [4.69, 9.17) is 0 Å². The third-order valence-electron chi connectivity index (χ3n) is 4.40. The zero-order chi connectivity index (χ0) is 16.2. The van der Waals surface area contributed by atoms with Gasteiger partial charge in [0.2, 0.25) is 5.91 Å². The van der Waals surface area contributed by atoms with Crippen LogP contribution in [0.4, 0.5) is 5.82 Å². The number of likely N-dealkylation sites (tertiary alicyclic amines) is 1. The monoisotopic (exact) mass is 317 g/mol. The molecule has 3 rings (SSSR count). The number of carbonyl (C=O) groups is 1. The smallest absolute Gasteiger partial charge is 0.242 e. The molecule has 1 saturated heterocycles. The van der Waals surface area contributed by atoms with Crippen LogP contribution >= 0.6 is 0 Å². The molecule has 2 N–H and O–H groups in total. The lowest BCUT2D eigenvalue weighted by atomic mass is 9.97. The molecule has 0 aromatic carbocycles. The van der Waals surface area contributed by atoms with Crippen molar-refractivity contribution in [3.63, 3.8) is 0 Å². The fourth-order valence-corrected chi connectivity index (χ4v) is 3.09. The Morgan fingerprint density at radius 2 is 2.17 bits per heavy atom. The lowest BCUT2D eigenvalue weighted by Crippen LogP contribution is -2.44. The molecule has 8 nitrogen and oxygen atoms in total. The van der Waals surface area contributed by atoms with Gasteiger partial charge in [0.15, 0.2) is 11.5 Å². The first-order valence-electron chi connectivity index (χ1n) is 7.96. The van der Waals surface area contributed by atoms with Gasteiger partial charge in [0, 0.05) is 20.1 Å². The van der Waals surface area contributed by atoms with Crippen LogP contribution in [-0.2, 0) is 4.79 Å². The highest BCUT2D eigenvalue weighted by Crippen LogP contribution is 2.20. The molecular weight excluding hydrogens is 294 g/mol. The second-order valence-corrected chi connectivity index (χ2v) is 6.04. The van der Waals surface area contributed by atoms with Crippen molar-refractivity contribution in [3.05, 3.63) is 12.7 Å². The standard InChI is InChI=1S/C15H23N7O/c1-16-7-11-3-5-22(6-4-11)12(23)8-21(2)15-13-14(18-9-17-13)19-10-20-15/h9-11,16H,3-8H2,1-2H3,(H,17,18,19,20). The molecular formula is C15H23N7O. The summed E-state index contributed by atoms with van der Waals surface area (Å²) in [7, 11) is 3.85. The van der Waals surface area contributed by atoms with Gasteiger partial charge in [-0.3, -0.25) is 4.79 Å². The number of hydrogen-bond donors (Lipinski definition) is 2. The van der Waals surface area contributed by atoms with Crippen molar-refractivity contribution in [3.8, 4) is 0 Å². The Labute approximate surface area is 135 Å². The van der Waals surface area contributed by atoms with E-state index >= 15 is 0 Å². The zero-order valence-corrected chi connectivity index (χ0v) is 13.6. The summed E-state index contributed by atoms with van der Waals surface area (Å²) in [5, 5.41) is 3.21. The van der Waals surface area contributed by atoms with Gasteiger partial charge in [0.1, 0.15) is 11.8 Å². The van der Waals surface area contributed by atoms with Crippen LogP contribution in [0.15, 0.2) is 12.7 Å². The quantitative estimate of drug-likeness (QED) is 0.821. The topological polar surface area (TPSA) is 90.0 Å². The number of H-pyrrole nitrogens is 1. The molecule has 3 heterocycles. The van der Waals surface area contributed by atoms with Crippen molar-refractivity contribution in [2.75, 3.05) is 45.2 Å². The van der Waals surface area contributed by atoms with E-state index in [1.165, 1.54) is 6.33 Å². The molecule has 1 aliphatic rings. The van der Waals surface area contributed by atoms with Gasteiger partial charge in [0.25, 0.3) is 0 Å². The minimum atomic E-state index is 0.140. The predicted octanol–water partition coefficient (Wildman–Crippen LogP) is 0.247. The third-order valence-corrected chi connectivity index (χ3v) is 4.40. The molecule has 2 aromatic rings. The summed E-state index contributed by atoms with van der Waals surface area (Å²) >= 11 is 0. The van der Waals surface area contributed by atoms with Gasteiger partial charge in [-0.2, -0.15) is 0 Å². The Morgan fingerprint density at radius 1 is 1.39 bits per heavy atom. The van der Waals surface area contributed by atoms with Crippen molar-refractivity contribution in [1.29, 1.82) is 0 Å². The molecule has 8 heteroatoms. The lowest BCUT2D eigenvalue weighted by Gasteiger charge is -2.33. The van der Waals surface area contributed by atoms with Crippen molar-refractivity contribution in [2.45, 2.75) is 12.8 Å². The molecule has 1 fully saturated rings. The molecule has 124 valence electrons. The Balaban J connectivity index is 1.61. The molecule has 0 bridgehead atoms. The zero-order valence-electron chi connectivity index (χ0n) is 13.6. The first-order valence-corrected chi connectivity index (χ1v) is 7.96. The Kier molecular flexibility index (Phi) is 4.71. The van der Waals surface area contributed by atoms with Crippen LogP contribution in [0.3, 0.4) is 0 Å². The number of fused-ring (bicyclic) bond motifs is 1. The largest absolute Gasteiger partial charge is 0.348 e. The highest BCUT2D eigenvalue weighted by molar-refractivity contribution is 5.87. The van der Waals surface area contributed by atoms with Gasteiger partial charge in [-0.05, 0) is 32.4 Å². The Hall–Kier alpha value is -2.22. The van der Waals surface area contributed by atoms with Crippen molar-refractivity contribution in [2.24, 2.45) is 5.92 Å². The average Bonchev–Trinajstić information content (AvgIpc) is 3.04. The van der Waals surface area contributed by atoms with E-state index in [0.717, 1.165) is 38.0 Å². The van der Waals surface area contributed by atoms with E-state index in [0.29, 0.717) is 23.9 Å². The predicted molar refractivity (Wildman–Crippen MR) is 88.2 cm³/mol. The number of hydrogen-bond acceptors (Lipinski definition) is 6. The second kappa shape index (κ2) is 6.91. The van der Waals surface area contributed by atoms with Crippen molar-refractivity contribution < 1.29 is 4.79 Å². The maximum absolute atomic E-state index is 12.5. The minimum absolute atomic E-state index is 0.140. The number of piperidine rings is 1. The highest BCUT2D eigenvalue weighted by Gasteiger charge is 2.23. The molecule has 0 spiro atoms. The number of nitrogens with one attached hydrogen (secondary N) is 2. The SMILES string of the molecule is CNCC1CCN(C(=O)CN(C)c2ncnc3nc[nH]c23)CC1. The first kappa shape index (κ1) is 15.7. The lowest BCUT2D eigenvalue weighted by molar-refractivity contribution is -0.131. The summed E-state index contributed by atoms with van der Waals surface area (Å²) in [5.41, 5.74) is 1.37. The van der Waals surface area contributed by atoms with E-state index in [-0.39, 0.29) is 5.91 Å². The van der Waals surface area contributed by atoms with E-state index in [1.54, 1.807) is 6.33 Å². The van der Waals surface area contributed by atoms with E-state index in [1.807, 2.05) is 23.9 Å². The molecule has 0 aliphatic carbocycles. The summed E-state index contributed by atoms with van der Waals surface area (Å²) in [6, 6.07) is 0. The molecule has 0 radical (unpaired) electrons. The fraction of sp³-hybridized carbons (Fsp3) is 0.600. The van der Waals surface area contributed by atoms with Gasteiger partial charge < -0.3 is 20.1 Å². The first-order chi connectivity index (χ1) is 11.2.